The third kappa shape index (κ3) is 7.60. The van der Waals surface area contributed by atoms with Gasteiger partial charge in [-0.3, -0.25) is 13.9 Å². The molecule has 2 aromatic carbocycles. The fraction of sp³-hybridized carbons (Fsp3) is 0.440. The molecule has 0 saturated heterocycles. The van der Waals surface area contributed by atoms with E-state index in [0.29, 0.717) is 5.69 Å². The van der Waals surface area contributed by atoms with Crippen molar-refractivity contribution in [1.82, 2.24) is 10.2 Å². The van der Waals surface area contributed by atoms with Crippen LogP contribution in [-0.2, 0) is 26.2 Å². The van der Waals surface area contributed by atoms with Gasteiger partial charge in [0.2, 0.25) is 21.8 Å². The van der Waals surface area contributed by atoms with Crippen LogP contribution in [-0.4, -0.2) is 50.0 Å². The van der Waals surface area contributed by atoms with Crippen molar-refractivity contribution in [3.8, 4) is 0 Å². The Bertz CT molecular complexity index is 1070. The van der Waals surface area contributed by atoms with Gasteiger partial charge in [-0.2, -0.15) is 0 Å². The van der Waals surface area contributed by atoms with Gasteiger partial charge >= 0.3 is 0 Å². The molecule has 0 aliphatic carbocycles. The lowest BCUT2D eigenvalue weighted by Crippen LogP contribution is -2.52. The number of nitrogens with zero attached hydrogens (tertiary/aromatic N) is 2. The number of aryl methyl sites for hydroxylation is 2. The first-order valence-corrected chi connectivity index (χ1v) is 13.0. The van der Waals surface area contributed by atoms with E-state index in [-0.39, 0.29) is 18.5 Å². The van der Waals surface area contributed by atoms with Crippen LogP contribution in [0.15, 0.2) is 48.5 Å². The molecule has 180 valence electrons. The molecule has 1 N–H and O–H groups in total. The summed E-state index contributed by atoms with van der Waals surface area (Å²) in [7, 11) is -3.72. The normalized spacial score (nSPS) is 13.2. The molecular weight excluding hydrogens is 438 g/mol. The van der Waals surface area contributed by atoms with Crippen molar-refractivity contribution < 1.29 is 18.0 Å². The van der Waals surface area contributed by atoms with E-state index >= 15 is 0 Å². The Hall–Kier alpha value is -2.87. The minimum Gasteiger partial charge on any atom is -0.352 e. The van der Waals surface area contributed by atoms with Gasteiger partial charge in [0.05, 0.1) is 11.9 Å². The van der Waals surface area contributed by atoms with Gasteiger partial charge in [-0.1, -0.05) is 54.4 Å². The van der Waals surface area contributed by atoms with E-state index in [1.807, 2.05) is 52.0 Å². The van der Waals surface area contributed by atoms with E-state index < -0.39 is 28.5 Å². The molecule has 0 heterocycles. The summed E-state index contributed by atoms with van der Waals surface area (Å²) in [5.41, 5.74) is 3.29. The van der Waals surface area contributed by atoms with Crippen LogP contribution < -0.4 is 9.62 Å². The van der Waals surface area contributed by atoms with Crippen LogP contribution in [0.25, 0.3) is 0 Å². The topological polar surface area (TPSA) is 86.8 Å². The molecule has 7 nitrogen and oxygen atoms in total. The summed E-state index contributed by atoms with van der Waals surface area (Å²) < 4.78 is 26.2. The van der Waals surface area contributed by atoms with E-state index in [1.54, 1.807) is 31.2 Å². The summed E-state index contributed by atoms with van der Waals surface area (Å²) in [6.07, 6.45) is 1.84. The molecule has 0 bridgehead atoms. The van der Waals surface area contributed by atoms with Crippen LogP contribution in [0.3, 0.4) is 0 Å². The summed E-state index contributed by atoms with van der Waals surface area (Å²) in [5, 5.41) is 2.92. The van der Waals surface area contributed by atoms with Crippen LogP contribution in [0.5, 0.6) is 0 Å². The number of sulfonamides is 1. The zero-order valence-corrected chi connectivity index (χ0v) is 21.1. The Morgan fingerprint density at radius 1 is 1.00 bits per heavy atom. The van der Waals surface area contributed by atoms with Gasteiger partial charge in [-0.05, 0) is 51.8 Å². The molecule has 0 radical (unpaired) electrons. The zero-order valence-electron chi connectivity index (χ0n) is 20.3. The number of hydrogen-bond donors (Lipinski definition) is 1. The molecule has 2 rings (SSSR count). The predicted molar refractivity (Wildman–Crippen MR) is 132 cm³/mol. The summed E-state index contributed by atoms with van der Waals surface area (Å²) >= 11 is 0. The van der Waals surface area contributed by atoms with Crippen LogP contribution in [0.1, 0.15) is 43.9 Å². The largest absolute Gasteiger partial charge is 0.352 e. The average Bonchev–Trinajstić information content (AvgIpc) is 2.75. The Morgan fingerprint density at radius 3 is 2.18 bits per heavy atom. The summed E-state index contributed by atoms with van der Waals surface area (Å²) in [4.78, 5) is 27.8. The number of carbonyl (C=O) groups is 2. The fourth-order valence-corrected chi connectivity index (χ4v) is 4.23. The maximum absolute atomic E-state index is 13.5. The fourth-order valence-electron chi connectivity index (χ4n) is 3.38. The van der Waals surface area contributed by atoms with E-state index in [2.05, 4.69) is 5.32 Å². The molecule has 2 amide bonds. The van der Waals surface area contributed by atoms with Crippen LogP contribution in [0.4, 0.5) is 5.69 Å². The van der Waals surface area contributed by atoms with Crippen molar-refractivity contribution >= 4 is 27.5 Å². The second-order valence-electron chi connectivity index (χ2n) is 8.61. The van der Waals surface area contributed by atoms with Crippen molar-refractivity contribution in [3.05, 3.63) is 65.2 Å². The highest BCUT2D eigenvalue weighted by Gasteiger charge is 2.30. The SMILES string of the molecule is CC[C@H](C)NC(=O)[C@H](C)N(Cc1cccc(C)c1)C(=O)CN(c1ccc(C)cc1)S(C)(=O)=O. The molecule has 0 saturated carbocycles. The highest BCUT2D eigenvalue weighted by atomic mass is 32.2. The van der Waals surface area contributed by atoms with E-state index in [0.717, 1.165) is 33.7 Å². The number of nitrogens with one attached hydrogen (secondary N) is 1. The van der Waals surface area contributed by atoms with E-state index in [9.17, 15) is 18.0 Å². The predicted octanol–water partition coefficient (Wildman–Crippen LogP) is 3.40. The number of anilines is 1. The maximum Gasteiger partial charge on any atom is 0.244 e. The maximum atomic E-state index is 13.5. The van der Waals surface area contributed by atoms with Crippen molar-refractivity contribution in [3.63, 3.8) is 0 Å². The first-order valence-electron chi connectivity index (χ1n) is 11.1. The number of hydrogen-bond acceptors (Lipinski definition) is 4. The zero-order chi connectivity index (χ0) is 24.8. The van der Waals surface area contributed by atoms with E-state index in [1.165, 1.54) is 4.90 Å². The summed E-state index contributed by atoms with van der Waals surface area (Å²) in [5.74, 6) is -0.721. The van der Waals surface area contributed by atoms with Crippen molar-refractivity contribution in [2.24, 2.45) is 0 Å². The molecule has 2 aromatic rings. The second kappa shape index (κ2) is 11.3. The lowest BCUT2D eigenvalue weighted by atomic mass is 10.1. The Morgan fingerprint density at radius 2 is 1.64 bits per heavy atom. The molecule has 8 heteroatoms. The van der Waals surface area contributed by atoms with Crippen molar-refractivity contribution in [2.75, 3.05) is 17.1 Å². The Balaban J connectivity index is 2.37. The van der Waals surface area contributed by atoms with Gasteiger partial charge in [0.15, 0.2) is 0 Å². The molecule has 0 aromatic heterocycles. The third-order valence-corrected chi connectivity index (χ3v) is 6.75. The third-order valence-electron chi connectivity index (χ3n) is 5.60. The molecule has 0 fully saturated rings. The number of rotatable bonds is 10. The summed E-state index contributed by atoms with van der Waals surface area (Å²) in [6.45, 7) is 9.20. The van der Waals surface area contributed by atoms with Crippen LogP contribution in [0, 0.1) is 13.8 Å². The summed E-state index contributed by atoms with van der Waals surface area (Å²) in [6, 6.07) is 13.8. The van der Waals surface area contributed by atoms with Gasteiger partial charge in [0.25, 0.3) is 0 Å². The lowest BCUT2D eigenvalue weighted by Gasteiger charge is -2.32. The lowest BCUT2D eigenvalue weighted by molar-refractivity contribution is -0.139. The molecule has 0 aliphatic heterocycles. The molecule has 0 aliphatic rings. The molecule has 2 atom stereocenters. The number of amides is 2. The van der Waals surface area contributed by atoms with Crippen LogP contribution >= 0.6 is 0 Å². The van der Waals surface area contributed by atoms with Gasteiger partial charge in [-0.25, -0.2) is 8.42 Å². The number of carbonyl (C=O) groups excluding carboxylic acids is 2. The first kappa shape index (κ1) is 26.4. The van der Waals surface area contributed by atoms with Gasteiger partial charge in [-0.15, -0.1) is 0 Å². The standard InChI is InChI=1S/C25H35N3O4S/c1-7-20(4)26-25(30)21(5)27(16-22-10-8-9-19(3)15-22)24(29)17-28(33(6,31)32)23-13-11-18(2)12-14-23/h8-15,20-21H,7,16-17H2,1-6H3,(H,26,30)/t20-,21-/m0/s1. The van der Waals surface area contributed by atoms with Gasteiger partial charge in [0, 0.05) is 12.6 Å². The monoisotopic (exact) mass is 473 g/mol. The number of benzene rings is 2. The molecule has 0 unspecified atom stereocenters. The first-order chi connectivity index (χ1) is 15.4. The van der Waals surface area contributed by atoms with E-state index in [4.69, 9.17) is 0 Å². The second-order valence-corrected chi connectivity index (χ2v) is 10.5. The Labute approximate surface area is 197 Å². The molecule has 0 spiro atoms. The van der Waals surface area contributed by atoms with Gasteiger partial charge < -0.3 is 10.2 Å². The van der Waals surface area contributed by atoms with Crippen molar-refractivity contribution in [1.29, 1.82) is 0 Å². The van der Waals surface area contributed by atoms with Crippen molar-refractivity contribution in [2.45, 2.75) is 59.7 Å². The minimum absolute atomic E-state index is 0.0315. The van der Waals surface area contributed by atoms with Gasteiger partial charge in [0.1, 0.15) is 12.6 Å². The minimum atomic E-state index is -3.72. The molecular formula is C25H35N3O4S. The highest BCUT2D eigenvalue weighted by molar-refractivity contribution is 7.92. The van der Waals surface area contributed by atoms with Crippen LogP contribution in [0.2, 0.25) is 0 Å². The highest BCUT2D eigenvalue weighted by Crippen LogP contribution is 2.20. The smallest absolute Gasteiger partial charge is 0.244 e. The Kier molecular flexibility index (Phi) is 9.05. The average molecular weight is 474 g/mol. The molecule has 33 heavy (non-hydrogen) atoms. The quantitative estimate of drug-likeness (QED) is 0.573.